The van der Waals surface area contributed by atoms with Gasteiger partial charge in [0.05, 0.1) is 23.0 Å². The van der Waals surface area contributed by atoms with Crippen molar-refractivity contribution in [1.29, 1.82) is 0 Å². The van der Waals surface area contributed by atoms with Gasteiger partial charge < -0.3 is 9.47 Å². The maximum Gasteiger partial charge on any atom is 0.175 e. The van der Waals surface area contributed by atoms with Crippen molar-refractivity contribution in [2.75, 3.05) is 25.7 Å². The van der Waals surface area contributed by atoms with Crippen LogP contribution in [0.3, 0.4) is 0 Å². The monoisotopic (exact) mass is 634 g/mol. The van der Waals surface area contributed by atoms with Crippen molar-refractivity contribution < 1.29 is 31.1 Å². The third-order valence-electron chi connectivity index (χ3n) is 7.47. The van der Waals surface area contributed by atoms with Crippen molar-refractivity contribution in [3.05, 3.63) is 119 Å². The van der Waals surface area contributed by atoms with E-state index in [1.807, 2.05) is 62.4 Å². The van der Waals surface area contributed by atoms with Crippen molar-refractivity contribution in [3.63, 3.8) is 0 Å². The van der Waals surface area contributed by atoms with Gasteiger partial charge in [-0.2, -0.15) is 0 Å². The molecule has 2 unspecified atom stereocenters. The predicted molar refractivity (Wildman–Crippen MR) is 172 cm³/mol. The largest absolute Gasteiger partial charge is 0.494 e. The summed E-state index contributed by atoms with van der Waals surface area (Å²) in [6.45, 7) is 4.89. The molecule has 44 heavy (non-hydrogen) atoms. The number of hydrogen-bond donors (Lipinski definition) is 0. The van der Waals surface area contributed by atoms with Crippen LogP contribution in [0.1, 0.15) is 60.8 Å². The van der Waals surface area contributed by atoms with Crippen molar-refractivity contribution in [3.8, 4) is 11.5 Å². The summed E-state index contributed by atoms with van der Waals surface area (Å²) in [6.07, 6.45) is 2.69. The molecule has 0 amide bonds. The van der Waals surface area contributed by atoms with Crippen LogP contribution in [0.4, 0.5) is 0 Å². The maximum atomic E-state index is 13.9. The summed E-state index contributed by atoms with van der Waals surface area (Å²) in [7, 11) is -6.74. The zero-order chi connectivity index (χ0) is 31.9. The first kappa shape index (κ1) is 33.0. The molecule has 0 heterocycles. The van der Waals surface area contributed by atoms with Crippen LogP contribution in [-0.2, 0) is 24.5 Å². The molecule has 232 valence electrons. The zero-order valence-electron chi connectivity index (χ0n) is 25.4. The molecule has 7 nitrogen and oxygen atoms in total. The van der Waals surface area contributed by atoms with E-state index in [1.54, 1.807) is 48.5 Å². The van der Waals surface area contributed by atoms with E-state index in [0.29, 0.717) is 13.2 Å². The normalized spacial score (nSPS) is 13.2. The molecule has 0 spiro atoms. The second-order valence-corrected chi connectivity index (χ2v) is 14.8. The number of rotatable bonds is 14. The molecule has 0 bridgehead atoms. The summed E-state index contributed by atoms with van der Waals surface area (Å²) in [4.78, 5) is 14.3. The Morgan fingerprint density at radius 2 is 0.795 bits per heavy atom. The molecule has 2 atom stereocenters. The highest BCUT2D eigenvalue weighted by atomic mass is 32.2. The number of hydrogen-bond acceptors (Lipinski definition) is 7. The fourth-order valence-corrected chi connectivity index (χ4v) is 6.48. The van der Waals surface area contributed by atoms with Crippen LogP contribution in [0.25, 0.3) is 0 Å². The van der Waals surface area contributed by atoms with Crippen LogP contribution in [-0.4, -0.2) is 48.3 Å². The number of ether oxygens (including phenoxy) is 2. The van der Waals surface area contributed by atoms with Gasteiger partial charge in [-0.3, -0.25) is 4.79 Å². The third-order valence-corrected chi connectivity index (χ3v) is 9.73. The van der Waals surface area contributed by atoms with E-state index in [0.717, 1.165) is 33.8 Å². The predicted octanol–water partition coefficient (Wildman–Crippen LogP) is 6.60. The second-order valence-electron chi connectivity index (χ2n) is 10.7. The van der Waals surface area contributed by atoms with Crippen LogP contribution in [0, 0.1) is 0 Å². The minimum atomic E-state index is -3.37. The van der Waals surface area contributed by atoms with Crippen LogP contribution >= 0.6 is 0 Å². The molecule has 0 aliphatic carbocycles. The molecule has 0 aliphatic heterocycles. The van der Waals surface area contributed by atoms with E-state index in [-0.39, 0.29) is 40.3 Å². The molecule has 0 aromatic heterocycles. The zero-order valence-corrected chi connectivity index (χ0v) is 27.0. The number of carbonyl (C=O) groups is 1. The molecule has 0 saturated heterocycles. The lowest BCUT2D eigenvalue weighted by atomic mass is 9.82. The minimum Gasteiger partial charge on any atom is -0.494 e. The lowest BCUT2D eigenvalue weighted by Crippen LogP contribution is -2.14. The summed E-state index contributed by atoms with van der Waals surface area (Å²) in [6, 6.07) is 28.5. The lowest BCUT2D eigenvalue weighted by molar-refractivity contribution is -0.119. The van der Waals surface area contributed by atoms with Gasteiger partial charge in [-0.25, -0.2) is 16.8 Å². The van der Waals surface area contributed by atoms with E-state index >= 15 is 0 Å². The highest BCUT2D eigenvalue weighted by Crippen LogP contribution is 2.35. The summed E-state index contributed by atoms with van der Waals surface area (Å²) in [5, 5.41) is 0. The van der Waals surface area contributed by atoms with Gasteiger partial charge >= 0.3 is 0 Å². The number of carbonyl (C=O) groups excluding carboxylic acids is 1. The smallest absolute Gasteiger partial charge is 0.175 e. The highest BCUT2D eigenvalue weighted by Gasteiger charge is 2.24. The van der Waals surface area contributed by atoms with E-state index in [1.165, 1.54) is 12.5 Å². The first-order chi connectivity index (χ1) is 20.9. The van der Waals surface area contributed by atoms with Crippen molar-refractivity contribution in [2.45, 2.75) is 48.3 Å². The quantitative estimate of drug-likeness (QED) is 0.154. The molecule has 0 saturated carbocycles. The van der Waals surface area contributed by atoms with Gasteiger partial charge in [-0.15, -0.1) is 0 Å². The van der Waals surface area contributed by atoms with E-state index in [2.05, 4.69) is 0 Å². The number of ketones is 1. The number of Topliss-reactive ketones (excluding diaryl/α,β-unsaturated/α-hetero) is 1. The number of sulfone groups is 2. The maximum absolute atomic E-state index is 13.9. The molecule has 4 aromatic rings. The van der Waals surface area contributed by atoms with Crippen molar-refractivity contribution in [1.82, 2.24) is 0 Å². The SMILES string of the molecule is CCOc1ccc(C(CC(=O)CC(c2ccc(OCC)cc2)c2ccc(S(C)(=O)=O)cc2)c2ccc(S(C)(=O)=O)cc2)cc1. The van der Waals surface area contributed by atoms with Gasteiger partial charge in [-0.05, 0) is 84.6 Å². The van der Waals surface area contributed by atoms with Crippen LogP contribution < -0.4 is 9.47 Å². The van der Waals surface area contributed by atoms with Gasteiger partial charge in [-0.1, -0.05) is 48.5 Å². The van der Waals surface area contributed by atoms with Gasteiger partial charge in [0.1, 0.15) is 17.3 Å². The number of benzene rings is 4. The van der Waals surface area contributed by atoms with E-state index in [9.17, 15) is 21.6 Å². The topological polar surface area (TPSA) is 104 Å². The molecular formula is C35H38O7S2. The Balaban J connectivity index is 1.68. The van der Waals surface area contributed by atoms with Crippen LogP contribution in [0.15, 0.2) is 107 Å². The lowest BCUT2D eigenvalue weighted by Gasteiger charge is -2.22. The molecule has 0 radical (unpaired) electrons. The van der Waals surface area contributed by atoms with Gasteiger partial charge in [0.15, 0.2) is 19.7 Å². The average molecular weight is 635 g/mol. The summed E-state index contributed by atoms with van der Waals surface area (Å²) < 4.78 is 59.5. The average Bonchev–Trinajstić information content (AvgIpc) is 2.99. The molecule has 0 N–H and O–H groups in total. The molecule has 4 aromatic carbocycles. The van der Waals surface area contributed by atoms with E-state index in [4.69, 9.17) is 9.47 Å². The van der Waals surface area contributed by atoms with E-state index < -0.39 is 19.7 Å². The summed E-state index contributed by atoms with van der Waals surface area (Å²) in [5.74, 6) is 0.812. The Bertz CT molecular complexity index is 1630. The standard InChI is InChI=1S/C35H38O7S2/c1-5-41-30-15-7-25(8-16-30)34(27-11-19-32(20-12-27)43(3,37)38)23-29(36)24-35(26-9-17-31(18-10-26)42-6-2)28-13-21-33(22-14-28)44(4,39)40/h7-22,34-35H,5-6,23-24H2,1-4H3. The Morgan fingerprint density at radius 1 is 0.523 bits per heavy atom. The summed E-state index contributed by atoms with van der Waals surface area (Å²) in [5.41, 5.74) is 3.46. The fourth-order valence-electron chi connectivity index (χ4n) is 5.22. The van der Waals surface area contributed by atoms with Crippen LogP contribution in [0.5, 0.6) is 11.5 Å². The minimum absolute atomic E-state index is 0.00199. The fraction of sp³-hybridized carbons (Fsp3) is 0.286. The molecule has 0 aliphatic rings. The first-order valence-electron chi connectivity index (χ1n) is 14.5. The van der Waals surface area contributed by atoms with Gasteiger partial charge in [0.2, 0.25) is 0 Å². The molecular weight excluding hydrogens is 597 g/mol. The highest BCUT2D eigenvalue weighted by molar-refractivity contribution is 7.91. The Morgan fingerprint density at radius 3 is 1.05 bits per heavy atom. The van der Waals surface area contributed by atoms with Crippen molar-refractivity contribution >= 4 is 25.5 Å². The second kappa shape index (κ2) is 14.2. The Labute approximate surface area is 260 Å². The third kappa shape index (κ3) is 8.57. The van der Waals surface area contributed by atoms with Gasteiger partial charge in [0, 0.05) is 37.2 Å². The first-order valence-corrected chi connectivity index (χ1v) is 18.2. The molecule has 9 heteroatoms. The summed E-state index contributed by atoms with van der Waals surface area (Å²) >= 11 is 0. The van der Waals surface area contributed by atoms with Gasteiger partial charge in [0.25, 0.3) is 0 Å². The Hall–Kier alpha value is -3.95. The molecule has 0 fully saturated rings. The molecule has 4 rings (SSSR count). The van der Waals surface area contributed by atoms with Crippen molar-refractivity contribution in [2.24, 2.45) is 0 Å². The van der Waals surface area contributed by atoms with Crippen LogP contribution in [0.2, 0.25) is 0 Å². The Kier molecular flexibility index (Phi) is 10.7.